The molecule has 4 rings (SSSR count). The van der Waals surface area contributed by atoms with Gasteiger partial charge in [-0.1, -0.05) is 35.9 Å². The van der Waals surface area contributed by atoms with Gasteiger partial charge in [-0.3, -0.25) is 0 Å². The van der Waals surface area contributed by atoms with Crippen LogP contribution < -0.4 is 4.74 Å². The molecule has 2 aromatic rings. The van der Waals surface area contributed by atoms with Crippen molar-refractivity contribution in [3.05, 3.63) is 58.6 Å². The highest BCUT2D eigenvalue weighted by Crippen LogP contribution is 2.46. The summed E-state index contributed by atoms with van der Waals surface area (Å²) in [5.74, 6) is 0.497. The maximum atomic E-state index is 12.9. The normalized spacial score (nSPS) is 18.5. The number of halogens is 1. The SMILES string of the molecule is O=S(=O)(Cc1ccccc1Cl)c1ccc2c(c1)OCC21CCN(CCC(O)O)CC1. The Morgan fingerprint density at radius 3 is 2.57 bits per heavy atom. The van der Waals surface area contributed by atoms with Crippen molar-refractivity contribution in [1.29, 1.82) is 0 Å². The van der Waals surface area contributed by atoms with Crippen molar-refractivity contribution in [3.63, 3.8) is 0 Å². The summed E-state index contributed by atoms with van der Waals surface area (Å²) in [6, 6.07) is 12.2. The zero-order valence-electron chi connectivity index (χ0n) is 16.6. The lowest BCUT2D eigenvalue weighted by Crippen LogP contribution is -2.44. The second-order valence-electron chi connectivity index (χ2n) is 8.19. The van der Waals surface area contributed by atoms with E-state index in [0.29, 0.717) is 35.9 Å². The van der Waals surface area contributed by atoms with Crippen LogP contribution in [0, 0.1) is 0 Å². The van der Waals surface area contributed by atoms with Crippen molar-refractivity contribution in [2.45, 2.75) is 41.6 Å². The standard InChI is InChI=1S/C22H26ClNO5S/c23-19-4-2-1-3-16(19)14-30(27,28)17-5-6-18-20(13-17)29-15-22(18)8-11-24(12-9-22)10-7-21(25)26/h1-6,13,21,25-26H,7-12,14-15H2. The molecule has 30 heavy (non-hydrogen) atoms. The van der Waals surface area contributed by atoms with Gasteiger partial charge in [-0.25, -0.2) is 8.42 Å². The van der Waals surface area contributed by atoms with Gasteiger partial charge in [0, 0.05) is 29.0 Å². The molecule has 2 N–H and O–H groups in total. The van der Waals surface area contributed by atoms with Crippen LogP contribution in [0.2, 0.25) is 5.02 Å². The van der Waals surface area contributed by atoms with Gasteiger partial charge in [-0.2, -0.15) is 0 Å². The number of hydrogen-bond donors (Lipinski definition) is 2. The van der Waals surface area contributed by atoms with Gasteiger partial charge in [0.05, 0.1) is 17.3 Å². The summed E-state index contributed by atoms with van der Waals surface area (Å²) in [5, 5.41) is 18.6. The molecule has 162 valence electrons. The average molecular weight is 452 g/mol. The molecular weight excluding hydrogens is 426 g/mol. The minimum Gasteiger partial charge on any atom is -0.492 e. The molecular formula is C22H26ClNO5S. The predicted octanol–water partition coefficient (Wildman–Crippen LogP) is 2.74. The zero-order chi connectivity index (χ0) is 21.4. The highest BCUT2D eigenvalue weighted by Gasteiger charge is 2.43. The molecule has 2 heterocycles. The molecule has 0 radical (unpaired) electrons. The van der Waals surface area contributed by atoms with Crippen LogP contribution in [0.3, 0.4) is 0 Å². The average Bonchev–Trinajstić information content (AvgIpc) is 3.07. The number of rotatable bonds is 6. The van der Waals surface area contributed by atoms with E-state index in [1.54, 1.807) is 36.4 Å². The fourth-order valence-electron chi connectivity index (χ4n) is 4.37. The molecule has 1 fully saturated rings. The highest BCUT2D eigenvalue weighted by atomic mass is 35.5. The molecule has 0 unspecified atom stereocenters. The smallest absolute Gasteiger partial charge is 0.182 e. The van der Waals surface area contributed by atoms with Crippen LogP contribution in [-0.4, -0.2) is 56.1 Å². The quantitative estimate of drug-likeness (QED) is 0.657. The van der Waals surface area contributed by atoms with Gasteiger partial charge in [0.2, 0.25) is 0 Å². The number of nitrogens with zero attached hydrogens (tertiary/aromatic N) is 1. The van der Waals surface area contributed by atoms with E-state index in [1.807, 2.05) is 6.07 Å². The molecule has 0 saturated carbocycles. The topological polar surface area (TPSA) is 87.1 Å². The molecule has 0 aliphatic carbocycles. The molecule has 0 amide bonds. The zero-order valence-corrected chi connectivity index (χ0v) is 18.2. The molecule has 2 aromatic carbocycles. The van der Waals surface area contributed by atoms with Crippen LogP contribution in [0.25, 0.3) is 0 Å². The minimum absolute atomic E-state index is 0.102. The molecule has 1 spiro atoms. The summed E-state index contributed by atoms with van der Waals surface area (Å²) < 4.78 is 31.8. The lowest BCUT2D eigenvalue weighted by molar-refractivity contribution is -0.0520. The minimum atomic E-state index is -3.54. The van der Waals surface area contributed by atoms with Gasteiger partial charge in [-0.05, 0) is 49.7 Å². The number of ether oxygens (including phenoxy) is 1. The van der Waals surface area contributed by atoms with Crippen LogP contribution >= 0.6 is 11.6 Å². The third kappa shape index (κ3) is 4.36. The largest absolute Gasteiger partial charge is 0.492 e. The van der Waals surface area contributed by atoms with Gasteiger partial charge in [0.15, 0.2) is 16.1 Å². The van der Waals surface area contributed by atoms with Gasteiger partial charge >= 0.3 is 0 Å². The number of sulfone groups is 1. The van der Waals surface area contributed by atoms with Crippen LogP contribution in [0.4, 0.5) is 0 Å². The molecule has 0 bridgehead atoms. The van der Waals surface area contributed by atoms with Crippen molar-refractivity contribution in [3.8, 4) is 5.75 Å². The molecule has 0 aromatic heterocycles. The van der Waals surface area contributed by atoms with E-state index in [1.165, 1.54) is 0 Å². The second kappa shape index (κ2) is 8.48. The first-order valence-electron chi connectivity index (χ1n) is 10.1. The summed E-state index contributed by atoms with van der Waals surface area (Å²) in [6.07, 6.45) is 0.857. The second-order valence-corrected chi connectivity index (χ2v) is 10.6. The summed E-state index contributed by atoms with van der Waals surface area (Å²) in [7, 11) is -3.54. The number of likely N-dealkylation sites (tertiary alicyclic amines) is 1. The van der Waals surface area contributed by atoms with Gasteiger partial charge in [0.25, 0.3) is 0 Å². The first-order valence-corrected chi connectivity index (χ1v) is 12.1. The van der Waals surface area contributed by atoms with Crippen LogP contribution in [0.15, 0.2) is 47.4 Å². The lowest BCUT2D eigenvalue weighted by atomic mass is 9.74. The number of fused-ring (bicyclic) bond motifs is 2. The van der Waals surface area contributed by atoms with Gasteiger partial charge < -0.3 is 19.8 Å². The number of benzene rings is 2. The third-order valence-corrected chi connectivity index (χ3v) is 8.24. The third-order valence-electron chi connectivity index (χ3n) is 6.21. The fourth-order valence-corrected chi connectivity index (χ4v) is 6.04. The fraction of sp³-hybridized carbons (Fsp3) is 0.455. The Hall–Kier alpha value is -1.64. The van der Waals surface area contributed by atoms with E-state index >= 15 is 0 Å². The Morgan fingerprint density at radius 1 is 1.13 bits per heavy atom. The van der Waals surface area contributed by atoms with Crippen molar-refractivity contribution in [2.75, 3.05) is 26.2 Å². The molecule has 1 saturated heterocycles. The Morgan fingerprint density at radius 2 is 1.87 bits per heavy atom. The summed E-state index contributed by atoms with van der Waals surface area (Å²) >= 11 is 6.14. The van der Waals surface area contributed by atoms with E-state index in [2.05, 4.69) is 4.90 Å². The van der Waals surface area contributed by atoms with Crippen LogP contribution in [-0.2, 0) is 21.0 Å². The lowest BCUT2D eigenvalue weighted by Gasteiger charge is -2.38. The molecule has 8 heteroatoms. The maximum absolute atomic E-state index is 12.9. The molecule has 6 nitrogen and oxygen atoms in total. The monoisotopic (exact) mass is 451 g/mol. The van der Waals surface area contributed by atoms with Crippen LogP contribution in [0.5, 0.6) is 5.75 Å². The predicted molar refractivity (Wildman–Crippen MR) is 114 cm³/mol. The maximum Gasteiger partial charge on any atom is 0.182 e. The van der Waals surface area contributed by atoms with E-state index in [4.69, 9.17) is 26.6 Å². The summed E-state index contributed by atoms with van der Waals surface area (Å²) in [6.45, 7) is 2.90. The summed E-state index contributed by atoms with van der Waals surface area (Å²) in [5.41, 5.74) is 1.55. The first kappa shape index (κ1) is 21.6. The van der Waals surface area contributed by atoms with Crippen molar-refractivity contribution in [1.82, 2.24) is 4.90 Å². The Labute approximate surface area is 182 Å². The van der Waals surface area contributed by atoms with Crippen molar-refractivity contribution in [2.24, 2.45) is 0 Å². The van der Waals surface area contributed by atoms with E-state index in [-0.39, 0.29) is 16.1 Å². The first-order chi connectivity index (χ1) is 14.3. The van der Waals surface area contributed by atoms with Crippen molar-refractivity contribution < 1.29 is 23.4 Å². The number of aliphatic hydroxyl groups is 2. The molecule has 2 aliphatic rings. The Balaban J connectivity index is 1.50. The number of piperidine rings is 1. The molecule has 2 aliphatic heterocycles. The Kier molecular flexibility index (Phi) is 6.10. The van der Waals surface area contributed by atoms with E-state index in [9.17, 15) is 8.42 Å². The van der Waals surface area contributed by atoms with Crippen LogP contribution in [0.1, 0.15) is 30.4 Å². The number of hydrogen-bond acceptors (Lipinski definition) is 6. The summed E-state index contributed by atoms with van der Waals surface area (Å²) in [4.78, 5) is 2.47. The van der Waals surface area contributed by atoms with Crippen molar-refractivity contribution >= 4 is 21.4 Å². The van der Waals surface area contributed by atoms with E-state index < -0.39 is 16.1 Å². The molecule has 0 atom stereocenters. The van der Waals surface area contributed by atoms with Gasteiger partial charge in [0.1, 0.15) is 5.75 Å². The van der Waals surface area contributed by atoms with E-state index in [0.717, 1.165) is 31.5 Å². The van der Waals surface area contributed by atoms with Gasteiger partial charge in [-0.15, -0.1) is 0 Å². The number of aliphatic hydroxyl groups excluding tert-OH is 1. The highest BCUT2D eigenvalue weighted by molar-refractivity contribution is 7.90. The Bertz CT molecular complexity index is 1020.